The van der Waals surface area contributed by atoms with Crippen molar-refractivity contribution < 1.29 is 33.3 Å². The predicted octanol–water partition coefficient (Wildman–Crippen LogP) is 1.36. The van der Waals surface area contributed by atoms with Crippen molar-refractivity contribution in [3.63, 3.8) is 0 Å². The highest BCUT2D eigenvalue weighted by atomic mass is 16.7. The van der Waals surface area contributed by atoms with Gasteiger partial charge in [0.25, 0.3) is 5.91 Å². The minimum Gasteiger partial charge on any atom is -0.493 e. The number of methoxy groups -OCH3 is 2. The van der Waals surface area contributed by atoms with Crippen molar-refractivity contribution in [2.45, 2.75) is 0 Å². The lowest BCUT2D eigenvalue weighted by Crippen LogP contribution is -2.38. The molecule has 154 valence electrons. The number of fused-ring (bicyclic) bond motifs is 1. The highest BCUT2D eigenvalue weighted by Gasteiger charge is 2.14. The molecule has 0 saturated carbocycles. The molecule has 0 radical (unpaired) electrons. The van der Waals surface area contributed by atoms with E-state index in [1.807, 2.05) is 0 Å². The Morgan fingerprint density at radius 2 is 1.76 bits per heavy atom. The van der Waals surface area contributed by atoms with Crippen LogP contribution in [-0.2, 0) is 4.79 Å². The van der Waals surface area contributed by atoms with Gasteiger partial charge in [-0.2, -0.15) is 0 Å². The van der Waals surface area contributed by atoms with E-state index in [4.69, 9.17) is 23.7 Å². The van der Waals surface area contributed by atoms with E-state index in [1.165, 1.54) is 14.2 Å². The second kappa shape index (κ2) is 9.54. The van der Waals surface area contributed by atoms with E-state index in [9.17, 15) is 9.59 Å². The molecular formula is C20H22N2O7. The fourth-order valence-electron chi connectivity index (χ4n) is 2.63. The minimum absolute atomic E-state index is 0.156. The molecule has 9 nitrogen and oxygen atoms in total. The van der Waals surface area contributed by atoms with Crippen molar-refractivity contribution >= 4 is 11.8 Å². The fourth-order valence-corrected chi connectivity index (χ4v) is 2.63. The fraction of sp³-hybridized carbons (Fsp3) is 0.300. The molecule has 2 N–H and O–H groups in total. The van der Waals surface area contributed by atoms with Crippen LogP contribution < -0.4 is 34.3 Å². The highest BCUT2D eigenvalue weighted by molar-refractivity contribution is 5.97. The van der Waals surface area contributed by atoms with Crippen molar-refractivity contribution in [1.82, 2.24) is 10.6 Å². The Morgan fingerprint density at radius 3 is 2.55 bits per heavy atom. The van der Waals surface area contributed by atoms with Crippen LogP contribution >= 0.6 is 0 Å². The van der Waals surface area contributed by atoms with Crippen molar-refractivity contribution in [3.05, 3.63) is 42.0 Å². The number of ether oxygens (including phenoxy) is 5. The first kappa shape index (κ1) is 20.1. The molecule has 2 aromatic carbocycles. The van der Waals surface area contributed by atoms with Crippen LogP contribution in [0.2, 0.25) is 0 Å². The van der Waals surface area contributed by atoms with Gasteiger partial charge < -0.3 is 34.3 Å². The van der Waals surface area contributed by atoms with Crippen LogP contribution in [0.5, 0.6) is 28.7 Å². The number of benzene rings is 2. The molecule has 0 bridgehead atoms. The Hall–Kier alpha value is -3.62. The van der Waals surface area contributed by atoms with Gasteiger partial charge in [-0.15, -0.1) is 0 Å². The van der Waals surface area contributed by atoms with Crippen molar-refractivity contribution in [1.29, 1.82) is 0 Å². The maximum absolute atomic E-state index is 12.2. The molecule has 0 spiro atoms. The molecule has 0 saturated heterocycles. The number of rotatable bonds is 9. The third kappa shape index (κ3) is 5.22. The lowest BCUT2D eigenvalue weighted by atomic mass is 10.2. The number of nitrogens with one attached hydrogen (secondary N) is 2. The van der Waals surface area contributed by atoms with Crippen LogP contribution in [0.4, 0.5) is 0 Å². The quantitative estimate of drug-likeness (QED) is 0.610. The number of hydrogen-bond acceptors (Lipinski definition) is 7. The molecule has 2 amide bonds. The molecule has 1 heterocycles. The van der Waals surface area contributed by atoms with Gasteiger partial charge in [0, 0.05) is 11.6 Å². The molecule has 0 aromatic heterocycles. The van der Waals surface area contributed by atoms with Crippen molar-refractivity contribution in [3.8, 4) is 28.7 Å². The molecular weight excluding hydrogens is 380 g/mol. The summed E-state index contributed by atoms with van der Waals surface area (Å²) in [5.74, 6) is 2.16. The lowest BCUT2D eigenvalue weighted by Gasteiger charge is -2.11. The van der Waals surface area contributed by atoms with Gasteiger partial charge in [-0.25, -0.2) is 0 Å². The molecule has 29 heavy (non-hydrogen) atoms. The van der Waals surface area contributed by atoms with Gasteiger partial charge in [-0.05, 0) is 30.3 Å². The van der Waals surface area contributed by atoms with E-state index in [0.717, 1.165) is 0 Å². The number of amides is 2. The maximum atomic E-state index is 12.2. The average molecular weight is 402 g/mol. The third-order valence-corrected chi connectivity index (χ3v) is 4.09. The SMILES string of the molecule is COc1ccc(C(=O)NCC(=O)NCCOc2ccc3c(c2)OCO3)cc1OC. The molecule has 0 fully saturated rings. The number of carbonyl (C=O) groups is 2. The van der Waals surface area contributed by atoms with Gasteiger partial charge >= 0.3 is 0 Å². The van der Waals surface area contributed by atoms with Crippen LogP contribution in [0, 0.1) is 0 Å². The van der Waals surface area contributed by atoms with Gasteiger partial charge in [-0.1, -0.05) is 0 Å². The maximum Gasteiger partial charge on any atom is 0.251 e. The number of hydrogen-bond donors (Lipinski definition) is 2. The van der Waals surface area contributed by atoms with Crippen LogP contribution in [-0.4, -0.2) is 52.5 Å². The van der Waals surface area contributed by atoms with Gasteiger partial charge in [0.2, 0.25) is 12.7 Å². The van der Waals surface area contributed by atoms with E-state index < -0.39 is 5.91 Å². The zero-order valence-corrected chi connectivity index (χ0v) is 16.2. The third-order valence-electron chi connectivity index (χ3n) is 4.09. The number of carbonyl (C=O) groups excluding carboxylic acids is 2. The summed E-state index contributed by atoms with van der Waals surface area (Å²) in [4.78, 5) is 24.1. The molecule has 3 rings (SSSR count). The molecule has 1 aliphatic rings. The molecule has 1 aliphatic heterocycles. The van der Waals surface area contributed by atoms with Crippen molar-refractivity contribution in [2.75, 3.05) is 40.7 Å². The second-order valence-corrected chi connectivity index (χ2v) is 5.97. The normalized spacial score (nSPS) is 11.5. The van der Waals surface area contributed by atoms with Gasteiger partial charge in [0.15, 0.2) is 23.0 Å². The minimum atomic E-state index is -0.391. The molecule has 0 unspecified atom stereocenters. The summed E-state index contributed by atoms with van der Waals surface area (Å²) >= 11 is 0. The van der Waals surface area contributed by atoms with Crippen molar-refractivity contribution in [2.24, 2.45) is 0 Å². The molecule has 0 atom stereocenters. The van der Waals surface area contributed by atoms with Crippen LogP contribution in [0.15, 0.2) is 36.4 Å². The first-order chi connectivity index (χ1) is 14.1. The lowest BCUT2D eigenvalue weighted by molar-refractivity contribution is -0.120. The van der Waals surface area contributed by atoms with Gasteiger partial charge in [0.1, 0.15) is 12.4 Å². The zero-order chi connectivity index (χ0) is 20.6. The largest absolute Gasteiger partial charge is 0.493 e. The zero-order valence-electron chi connectivity index (χ0n) is 16.2. The summed E-state index contributed by atoms with van der Waals surface area (Å²) in [5.41, 5.74) is 0.363. The molecule has 2 aromatic rings. The highest BCUT2D eigenvalue weighted by Crippen LogP contribution is 2.35. The summed E-state index contributed by atoms with van der Waals surface area (Å²) in [5, 5.41) is 5.23. The topological polar surface area (TPSA) is 104 Å². The first-order valence-corrected chi connectivity index (χ1v) is 8.90. The summed E-state index contributed by atoms with van der Waals surface area (Å²) < 4.78 is 26.4. The Labute approximate surface area is 167 Å². The van der Waals surface area contributed by atoms with E-state index in [-0.39, 0.29) is 25.9 Å². The second-order valence-electron chi connectivity index (χ2n) is 5.97. The summed E-state index contributed by atoms with van der Waals surface area (Å²) in [6.07, 6.45) is 0. The smallest absolute Gasteiger partial charge is 0.251 e. The average Bonchev–Trinajstić information content (AvgIpc) is 3.22. The Bertz CT molecular complexity index is 885. The van der Waals surface area contributed by atoms with E-state index in [2.05, 4.69) is 10.6 Å². The monoisotopic (exact) mass is 402 g/mol. The summed E-state index contributed by atoms with van der Waals surface area (Å²) in [7, 11) is 3.00. The van der Waals surface area contributed by atoms with Crippen LogP contribution in [0.1, 0.15) is 10.4 Å². The van der Waals surface area contributed by atoms with Gasteiger partial charge in [0.05, 0.1) is 27.3 Å². The Morgan fingerprint density at radius 1 is 0.966 bits per heavy atom. The van der Waals surface area contributed by atoms with E-state index in [0.29, 0.717) is 40.9 Å². The summed E-state index contributed by atoms with van der Waals surface area (Å²) in [6.45, 7) is 0.607. The Kier molecular flexibility index (Phi) is 6.62. The summed E-state index contributed by atoms with van der Waals surface area (Å²) in [6, 6.07) is 10.0. The first-order valence-electron chi connectivity index (χ1n) is 8.90. The van der Waals surface area contributed by atoms with Crippen LogP contribution in [0.3, 0.4) is 0 Å². The van der Waals surface area contributed by atoms with Gasteiger partial charge in [-0.3, -0.25) is 9.59 Å². The molecule has 9 heteroatoms. The molecule has 0 aliphatic carbocycles. The Balaban J connectivity index is 1.38. The standard InChI is InChI=1S/C20H22N2O7/c1-25-15-5-3-13(9-17(15)26-2)20(24)22-11-19(23)21-7-8-27-14-4-6-16-18(10-14)29-12-28-16/h3-6,9-10H,7-8,11-12H2,1-2H3,(H,21,23)(H,22,24). The van der Waals surface area contributed by atoms with E-state index >= 15 is 0 Å². The predicted molar refractivity (Wildman–Crippen MR) is 103 cm³/mol. The van der Waals surface area contributed by atoms with Crippen LogP contribution in [0.25, 0.3) is 0 Å². The van der Waals surface area contributed by atoms with E-state index in [1.54, 1.807) is 36.4 Å².